The van der Waals surface area contributed by atoms with Crippen LogP contribution >= 0.6 is 34.8 Å². The Balaban J connectivity index is 1.66. The summed E-state index contributed by atoms with van der Waals surface area (Å²) >= 11 is 17.6. The molecule has 9 heteroatoms. The number of pyridine rings is 1. The number of carbonyl (C=O) groups is 2. The predicted molar refractivity (Wildman–Crippen MR) is 114 cm³/mol. The Hall–Kier alpha value is -2.54. The maximum Gasteiger partial charge on any atom is 0.359 e. The highest BCUT2D eigenvalue weighted by Gasteiger charge is 2.22. The molecule has 1 amide bonds. The first-order valence-electron chi connectivity index (χ1n) is 8.53. The van der Waals surface area contributed by atoms with Crippen molar-refractivity contribution < 1.29 is 14.3 Å². The van der Waals surface area contributed by atoms with E-state index in [0.717, 1.165) is 16.3 Å². The molecule has 6 nitrogen and oxygen atoms in total. The van der Waals surface area contributed by atoms with E-state index in [2.05, 4.69) is 10.3 Å². The molecule has 0 aliphatic rings. The fourth-order valence-electron chi connectivity index (χ4n) is 2.86. The van der Waals surface area contributed by atoms with Crippen LogP contribution in [0.15, 0.2) is 42.5 Å². The number of anilines is 1. The summed E-state index contributed by atoms with van der Waals surface area (Å²) in [6.45, 7) is 1.33. The molecule has 0 spiro atoms. The maximum atomic E-state index is 12.3. The van der Waals surface area contributed by atoms with Crippen molar-refractivity contribution in [1.82, 2.24) is 10.3 Å². The highest BCUT2D eigenvalue weighted by Crippen LogP contribution is 2.34. The van der Waals surface area contributed by atoms with Crippen LogP contribution in [0.5, 0.6) is 0 Å². The average molecular weight is 453 g/mol. The van der Waals surface area contributed by atoms with Crippen LogP contribution in [0.3, 0.4) is 0 Å². The summed E-state index contributed by atoms with van der Waals surface area (Å²) in [5.41, 5.74) is 6.23. The standard InChI is InChI=1S/C20H16Cl3N3O3/c1-10(12-8-4-6-11-5-2-3-7-13(11)12)25-14(27)9-29-20(28)18-15(21)17(24)16(22)19(23)26-18/h2-8,10H,9H2,1H3,(H2,24,26)(H,25,27). The van der Waals surface area contributed by atoms with Gasteiger partial charge >= 0.3 is 5.97 Å². The monoisotopic (exact) mass is 451 g/mol. The van der Waals surface area contributed by atoms with Gasteiger partial charge in [0.05, 0.1) is 16.8 Å². The van der Waals surface area contributed by atoms with Crippen LogP contribution in [0, 0.1) is 0 Å². The zero-order chi connectivity index (χ0) is 21.1. The van der Waals surface area contributed by atoms with Gasteiger partial charge in [-0.2, -0.15) is 0 Å². The summed E-state index contributed by atoms with van der Waals surface area (Å²) in [6, 6.07) is 13.4. The van der Waals surface area contributed by atoms with Gasteiger partial charge in [0.2, 0.25) is 0 Å². The van der Waals surface area contributed by atoms with E-state index >= 15 is 0 Å². The van der Waals surface area contributed by atoms with Crippen molar-refractivity contribution in [1.29, 1.82) is 0 Å². The first-order chi connectivity index (χ1) is 13.8. The van der Waals surface area contributed by atoms with Crippen molar-refractivity contribution >= 4 is 63.1 Å². The molecule has 1 atom stereocenters. The van der Waals surface area contributed by atoms with Crippen LogP contribution in [0.2, 0.25) is 15.2 Å². The van der Waals surface area contributed by atoms with E-state index in [0.29, 0.717) is 0 Å². The molecule has 0 saturated carbocycles. The van der Waals surface area contributed by atoms with Gasteiger partial charge in [0.1, 0.15) is 5.02 Å². The van der Waals surface area contributed by atoms with Gasteiger partial charge in [0, 0.05) is 0 Å². The van der Waals surface area contributed by atoms with E-state index in [1.54, 1.807) is 0 Å². The van der Waals surface area contributed by atoms with Crippen molar-refractivity contribution in [2.24, 2.45) is 0 Å². The van der Waals surface area contributed by atoms with Gasteiger partial charge in [-0.3, -0.25) is 4.79 Å². The quantitative estimate of drug-likeness (QED) is 0.428. The first-order valence-corrected chi connectivity index (χ1v) is 9.67. The van der Waals surface area contributed by atoms with Gasteiger partial charge < -0.3 is 15.8 Å². The van der Waals surface area contributed by atoms with Crippen LogP contribution in [0.1, 0.15) is 29.0 Å². The second-order valence-electron chi connectivity index (χ2n) is 6.23. The largest absolute Gasteiger partial charge is 0.451 e. The summed E-state index contributed by atoms with van der Waals surface area (Å²) in [4.78, 5) is 28.2. The predicted octanol–water partition coefficient (Wildman–Crippen LogP) is 4.81. The minimum absolute atomic E-state index is 0.0603. The molecule has 1 heterocycles. The third-order valence-electron chi connectivity index (χ3n) is 4.27. The van der Waals surface area contributed by atoms with E-state index in [4.69, 9.17) is 45.3 Å². The van der Waals surface area contributed by atoms with Gasteiger partial charge in [-0.1, -0.05) is 77.3 Å². The van der Waals surface area contributed by atoms with Crippen molar-refractivity contribution in [2.75, 3.05) is 12.3 Å². The Kier molecular flexibility index (Phi) is 6.47. The highest BCUT2D eigenvalue weighted by atomic mass is 35.5. The number of benzene rings is 2. The number of nitrogens with two attached hydrogens (primary N) is 1. The molecule has 0 aliphatic heterocycles. The van der Waals surface area contributed by atoms with Gasteiger partial charge in [-0.25, -0.2) is 9.78 Å². The topological polar surface area (TPSA) is 94.3 Å². The molecule has 29 heavy (non-hydrogen) atoms. The van der Waals surface area contributed by atoms with Gasteiger partial charge in [-0.15, -0.1) is 0 Å². The Morgan fingerprint density at radius 3 is 2.55 bits per heavy atom. The molecule has 0 bridgehead atoms. The molecule has 1 aromatic heterocycles. The molecule has 0 fully saturated rings. The lowest BCUT2D eigenvalue weighted by Gasteiger charge is -2.17. The average Bonchev–Trinajstić information content (AvgIpc) is 2.72. The minimum atomic E-state index is -0.937. The summed E-state index contributed by atoms with van der Waals surface area (Å²) in [5.74, 6) is -1.42. The van der Waals surface area contributed by atoms with Crippen LogP contribution in [-0.4, -0.2) is 23.5 Å². The number of nitrogens with one attached hydrogen (secondary N) is 1. The van der Waals surface area contributed by atoms with Gasteiger partial charge in [-0.05, 0) is 23.3 Å². The molecule has 3 rings (SSSR count). The third kappa shape index (κ3) is 4.56. The molecule has 0 saturated heterocycles. The van der Waals surface area contributed by atoms with E-state index in [9.17, 15) is 9.59 Å². The summed E-state index contributed by atoms with van der Waals surface area (Å²) in [7, 11) is 0. The fraction of sp³-hybridized carbons (Fsp3) is 0.150. The number of fused-ring (bicyclic) bond motifs is 1. The number of esters is 1. The minimum Gasteiger partial charge on any atom is -0.451 e. The molecular weight excluding hydrogens is 437 g/mol. The number of halogens is 3. The van der Waals surface area contributed by atoms with E-state index in [1.165, 1.54) is 0 Å². The second kappa shape index (κ2) is 8.86. The Morgan fingerprint density at radius 2 is 1.79 bits per heavy atom. The van der Waals surface area contributed by atoms with Crippen LogP contribution in [0.4, 0.5) is 5.69 Å². The van der Waals surface area contributed by atoms with Crippen molar-refractivity contribution in [3.05, 3.63) is 68.9 Å². The van der Waals surface area contributed by atoms with Gasteiger partial charge in [0.15, 0.2) is 17.5 Å². The maximum absolute atomic E-state index is 12.3. The molecule has 1 unspecified atom stereocenters. The zero-order valence-electron chi connectivity index (χ0n) is 15.2. The molecule has 2 aromatic carbocycles. The Morgan fingerprint density at radius 1 is 1.10 bits per heavy atom. The summed E-state index contributed by atoms with van der Waals surface area (Å²) in [5, 5.41) is 4.46. The van der Waals surface area contributed by atoms with Crippen LogP contribution in [0.25, 0.3) is 10.8 Å². The Bertz CT molecular complexity index is 1100. The van der Waals surface area contributed by atoms with Crippen LogP contribution in [-0.2, 0) is 9.53 Å². The van der Waals surface area contributed by atoms with Crippen molar-refractivity contribution in [3.8, 4) is 0 Å². The lowest BCUT2D eigenvalue weighted by molar-refractivity contribution is -0.124. The second-order valence-corrected chi connectivity index (χ2v) is 7.34. The van der Waals surface area contributed by atoms with E-state index in [1.807, 2.05) is 49.4 Å². The number of nitrogens with zero attached hydrogens (tertiary/aromatic N) is 1. The molecule has 3 N–H and O–H groups in total. The number of rotatable bonds is 5. The lowest BCUT2D eigenvalue weighted by atomic mass is 10.00. The highest BCUT2D eigenvalue weighted by molar-refractivity contribution is 6.46. The summed E-state index contributed by atoms with van der Waals surface area (Å²) in [6.07, 6.45) is 0. The number of ether oxygens (including phenoxy) is 1. The Labute approximate surface area is 181 Å². The van der Waals surface area contributed by atoms with Gasteiger partial charge in [0.25, 0.3) is 5.91 Å². The number of nitrogen functional groups attached to an aromatic ring is 1. The SMILES string of the molecule is CC(NC(=O)COC(=O)c1nc(Cl)c(Cl)c(N)c1Cl)c1cccc2ccccc12. The number of aromatic nitrogens is 1. The first kappa shape index (κ1) is 21.2. The fourth-order valence-corrected chi connectivity index (χ4v) is 3.44. The number of amides is 1. The summed E-state index contributed by atoms with van der Waals surface area (Å²) < 4.78 is 4.99. The number of hydrogen-bond donors (Lipinski definition) is 2. The molecule has 150 valence electrons. The lowest BCUT2D eigenvalue weighted by Crippen LogP contribution is -2.31. The molecule has 0 aliphatic carbocycles. The van der Waals surface area contributed by atoms with Crippen molar-refractivity contribution in [3.63, 3.8) is 0 Å². The molecular formula is C20H16Cl3N3O3. The zero-order valence-corrected chi connectivity index (χ0v) is 17.5. The van der Waals surface area contributed by atoms with E-state index < -0.39 is 18.5 Å². The smallest absolute Gasteiger partial charge is 0.359 e. The van der Waals surface area contributed by atoms with Crippen molar-refractivity contribution in [2.45, 2.75) is 13.0 Å². The molecule has 3 aromatic rings. The van der Waals surface area contributed by atoms with Crippen LogP contribution < -0.4 is 11.1 Å². The number of hydrogen-bond acceptors (Lipinski definition) is 5. The van der Waals surface area contributed by atoms with E-state index in [-0.39, 0.29) is 32.6 Å². The molecule has 0 radical (unpaired) electrons. The normalized spacial score (nSPS) is 11.9. The number of carbonyl (C=O) groups excluding carboxylic acids is 2. The third-order valence-corrected chi connectivity index (χ3v) is 5.40.